The van der Waals surface area contributed by atoms with Crippen LogP contribution in [0.25, 0.3) is 0 Å². The number of carbonyl (C=O) groups is 2. The number of rotatable bonds is 2. The fourth-order valence-electron chi connectivity index (χ4n) is 0.0713. The first-order chi connectivity index (χ1) is 5.04. The van der Waals surface area contributed by atoms with Crippen LogP contribution >= 0.6 is 0 Å². The number of aliphatic carboxylic acids is 1. The van der Waals surface area contributed by atoms with Crippen molar-refractivity contribution in [3.8, 4) is 0 Å². The van der Waals surface area contributed by atoms with E-state index in [2.05, 4.69) is 17.0 Å². The molecule has 0 aliphatic heterocycles. The summed E-state index contributed by atoms with van der Waals surface area (Å²) in [6.07, 6.45) is -0.479. The highest BCUT2D eigenvalue weighted by molar-refractivity contribution is 5.68. The first-order valence-electron chi connectivity index (χ1n) is 2.47. The van der Waals surface area contributed by atoms with Gasteiger partial charge < -0.3 is 20.7 Å². The first kappa shape index (κ1) is 12.1. The number of carboxylic acids is 1. The van der Waals surface area contributed by atoms with Crippen LogP contribution in [-0.4, -0.2) is 28.9 Å². The van der Waals surface area contributed by atoms with Crippen molar-refractivity contribution in [2.75, 3.05) is 6.54 Å². The van der Waals surface area contributed by atoms with Gasteiger partial charge in [0.15, 0.2) is 0 Å². The van der Waals surface area contributed by atoms with Crippen LogP contribution in [0.3, 0.4) is 0 Å². The zero-order valence-electron chi connectivity index (χ0n) is 5.69. The number of hydrogen-bond acceptors (Lipinski definition) is 4. The molecule has 0 saturated heterocycles. The molecule has 6 nitrogen and oxygen atoms in total. The third-order valence-electron chi connectivity index (χ3n) is 0.359. The lowest BCUT2D eigenvalue weighted by Gasteiger charge is -1.81. The Kier molecular flexibility index (Phi) is 9.32. The van der Waals surface area contributed by atoms with E-state index >= 15 is 0 Å². The maximum Gasteiger partial charge on any atom is 0.510 e. The van der Waals surface area contributed by atoms with Gasteiger partial charge >= 0.3 is 12.1 Å². The van der Waals surface area contributed by atoms with Gasteiger partial charge in [-0.05, 0) is 0 Å². The summed E-state index contributed by atoms with van der Waals surface area (Å²) < 4.78 is 3.72. The van der Waals surface area contributed by atoms with Crippen LogP contribution in [-0.2, 0) is 9.53 Å². The lowest BCUT2D eigenvalue weighted by atomic mass is 10.7. The average Bonchev–Trinajstić information content (AvgIpc) is 1.89. The van der Waals surface area contributed by atoms with Gasteiger partial charge in [0.2, 0.25) is 0 Å². The molecule has 0 aromatic heterocycles. The number of carboxylic acid groups (broad SMARTS) is 2. The Hall–Kier alpha value is -1.56. The van der Waals surface area contributed by atoms with E-state index in [0.717, 1.165) is 6.26 Å². The van der Waals surface area contributed by atoms with Crippen LogP contribution in [0.5, 0.6) is 0 Å². The van der Waals surface area contributed by atoms with E-state index in [4.69, 9.17) is 10.2 Å². The van der Waals surface area contributed by atoms with Crippen LogP contribution in [0.4, 0.5) is 4.79 Å². The monoisotopic (exact) mass is 163 g/mol. The number of nitrogens with two attached hydrogens (primary N) is 1. The maximum atomic E-state index is 9.31. The van der Waals surface area contributed by atoms with Crippen LogP contribution in [0.1, 0.15) is 0 Å². The molecule has 0 aliphatic rings. The highest BCUT2D eigenvalue weighted by Gasteiger charge is 1.84. The fourth-order valence-corrected chi connectivity index (χ4v) is 0.0713. The second-order valence-corrected chi connectivity index (χ2v) is 1.15. The van der Waals surface area contributed by atoms with Crippen molar-refractivity contribution in [1.29, 1.82) is 0 Å². The Labute approximate surface area is 62.9 Å². The second kappa shape index (κ2) is 8.44. The average molecular weight is 163 g/mol. The molecule has 0 saturated carbocycles. The van der Waals surface area contributed by atoms with Crippen LogP contribution in [0.2, 0.25) is 0 Å². The largest absolute Gasteiger partial charge is 0.510 e. The lowest BCUT2D eigenvalue weighted by molar-refractivity contribution is -0.135. The fraction of sp³-hybridized carbons (Fsp3) is 0.200. The normalized spacial score (nSPS) is 7.00. The van der Waals surface area contributed by atoms with Crippen molar-refractivity contribution in [2.45, 2.75) is 0 Å². The number of hydrogen-bond donors (Lipinski definition) is 3. The second-order valence-electron chi connectivity index (χ2n) is 1.15. The first-order valence-corrected chi connectivity index (χ1v) is 2.47. The molecule has 0 aromatic carbocycles. The van der Waals surface area contributed by atoms with Crippen molar-refractivity contribution < 1.29 is 24.5 Å². The van der Waals surface area contributed by atoms with Gasteiger partial charge in [0, 0.05) is 0 Å². The highest BCUT2D eigenvalue weighted by atomic mass is 16.7. The number of ether oxygens (including phenoxy) is 1. The molecule has 0 atom stereocenters. The highest BCUT2D eigenvalue weighted by Crippen LogP contribution is 1.70. The molecule has 0 spiro atoms. The third kappa shape index (κ3) is 29.6. The van der Waals surface area contributed by atoms with Gasteiger partial charge in [-0.2, -0.15) is 0 Å². The van der Waals surface area contributed by atoms with E-state index < -0.39 is 12.1 Å². The molecule has 0 amide bonds. The van der Waals surface area contributed by atoms with Gasteiger partial charge in [0.25, 0.3) is 0 Å². The van der Waals surface area contributed by atoms with E-state index in [0.29, 0.717) is 0 Å². The standard InChI is InChI=1S/C3H4O3.C2H5NO2/c1-2-6-3(4)5;3-1-2(4)5/h2H,1H2,(H,4,5);1,3H2,(H,4,5). The van der Waals surface area contributed by atoms with Crippen molar-refractivity contribution >= 4 is 12.1 Å². The lowest BCUT2D eigenvalue weighted by Crippen LogP contribution is -2.10. The third-order valence-corrected chi connectivity index (χ3v) is 0.359. The van der Waals surface area contributed by atoms with E-state index in [9.17, 15) is 9.59 Å². The molecule has 11 heavy (non-hydrogen) atoms. The molecule has 6 heteroatoms. The molecule has 0 aliphatic carbocycles. The van der Waals surface area contributed by atoms with Gasteiger partial charge in [-0.3, -0.25) is 4.79 Å². The minimum Gasteiger partial charge on any atom is -0.480 e. The molecule has 0 radical (unpaired) electrons. The van der Waals surface area contributed by atoms with Gasteiger partial charge in [0.05, 0.1) is 12.8 Å². The summed E-state index contributed by atoms with van der Waals surface area (Å²) in [5, 5.41) is 15.2. The van der Waals surface area contributed by atoms with E-state index in [1.54, 1.807) is 0 Å². The zero-order valence-corrected chi connectivity index (χ0v) is 5.69. The SMILES string of the molecule is C=COC(=O)O.NCC(=O)O. The molecular weight excluding hydrogens is 154 g/mol. The van der Waals surface area contributed by atoms with E-state index in [1.165, 1.54) is 0 Å². The molecule has 64 valence electrons. The Morgan fingerprint density at radius 1 is 1.55 bits per heavy atom. The molecule has 0 fully saturated rings. The molecule has 0 bridgehead atoms. The Morgan fingerprint density at radius 2 is 1.91 bits per heavy atom. The summed E-state index contributed by atoms with van der Waals surface area (Å²) in [5.74, 6) is -0.968. The minimum atomic E-state index is -1.33. The smallest absolute Gasteiger partial charge is 0.480 e. The molecule has 0 heterocycles. The van der Waals surface area contributed by atoms with Gasteiger partial charge in [-0.15, -0.1) is 0 Å². The maximum absolute atomic E-state index is 9.31. The summed E-state index contributed by atoms with van der Waals surface area (Å²) in [6, 6.07) is 0. The Morgan fingerprint density at radius 3 is 1.91 bits per heavy atom. The van der Waals surface area contributed by atoms with Crippen LogP contribution in [0.15, 0.2) is 12.8 Å². The van der Waals surface area contributed by atoms with Crippen molar-refractivity contribution in [1.82, 2.24) is 0 Å². The molecule has 4 N–H and O–H groups in total. The van der Waals surface area contributed by atoms with Crippen molar-refractivity contribution in [3.63, 3.8) is 0 Å². The summed E-state index contributed by atoms with van der Waals surface area (Å²) >= 11 is 0. The van der Waals surface area contributed by atoms with Gasteiger partial charge in [0.1, 0.15) is 0 Å². The summed E-state index contributed by atoms with van der Waals surface area (Å²) in [6.45, 7) is 2.72. The molecule has 0 rings (SSSR count). The molecular formula is C5H9NO5. The van der Waals surface area contributed by atoms with Crippen molar-refractivity contribution in [3.05, 3.63) is 12.8 Å². The Bertz CT molecular complexity index is 144. The quantitative estimate of drug-likeness (QED) is 0.386. The predicted molar refractivity (Wildman–Crippen MR) is 36.0 cm³/mol. The topological polar surface area (TPSA) is 110 Å². The van der Waals surface area contributed by atoms with E-state index in [1.807, 2.05) is 0 Å². The van der Waals surface area contributed by atoms with Gasteiger partial charge in [-0.1, -0.05) is 6.58 Å². The molecule has 0 aromatic rings. The summed E-state index contributed by atoms with van der Waals surface area (Å²) in [4.78, 5) is 18.5. The summed E-state index contributed by atoms with van der Waals surface area (Å²) in [7, 11) is 0. The van der Waals surface area contributed by atoms with Crippen LogP contribution in [0, 0.1) is 0 Å². The van der Waals surface area contributed by atoms with Gasteiger partial charge in [-0.25, -0.2) is 4.79 Å². The van der Waals surface area contributed by atoms with Crippen LogP contribution < -0.4 is 5.73 Å². The minimum absolute atomic E-state index is 0.278. The molecule has 0 unspecified atom stereocenters. The zero-order chi connectivity index (χ0) is 9.28. The van der Waals surface area contributed by atoms with Crippen molar-refractivity contribution in [2.24, 2.45) is 5.73 Å². The summed E-state index contributed by atoms with van der Waals surface area (Å²) in [5.41, 5.74) is 4.57. The Balaban J connectivity index is 0. The predicted octanol–water partition coefficient (Wildman–Crippen LogP) is -0.146. The van der Waals surface area contributed by atoms with E-state index in [-0.39, 0.29) is 6.54 Å².